The number of hydrogen-bond acceptors (Lipinski definition) is 4. The summed E-state index contributed by atoms with van der Waals surface area (Å²) in [6.45, 7) is 0.470. The monoisotopic (exact) mass is 306 g/mol. The zero-order valence-electron chi connectivity index (χ0n) is 9.73. The van der Waals surface area contributed by atoms with Crippen LogP contribution < -0.4 is 10.5 Å². The second-order valence-electron chi connectivity index (χ2n) is 4.26. The largest absolute Gasteiger partial charge is 0.398 e. The van der Waals surface area contributed by atoms with Gasteiger partial charge in [-0.25, -0.2) is 13.1 Å². The smallest absolute Gasteiger partial charge is 0.242 e. The molecule has 1 unspecified atom stereocenters. The minimum atomic E-state index is -3.54. The Kier molecular flexibility index (Phi) is 4.42. The third kappa shape index (κ3) is 3.32. The molecule has 4 nitrogen and oxygen atoms in total. The Morgan fingerprint density at radius 1 is 1.50 bits per heavy atom. The fourth-order valence-corrected chi connectivity index (χ4v) is 4.51. The molecule has 0 aliphatic carbocycles. The summed E-state index contributed by atoms with van der Waals surface area (Å²) in [5, 5.41) is 0.429. The Bertz CT molecular complexity index is 528. The standard InChI is InChI=1S/C11H15ClN2O2S2/c12-9-1-2-11(10(13)5-9)18(15,16)14-6-8-3-4-17-7-8/h1-2,5,8,14H,3-4,6-7,13H2. The average Bonchev–Trinajstić information content (AvgIpc) is 2.78. The van der Waals surface area contributed by atoms with Crippen LogP contribution in [-0.2, 0) is 10.0 Å². The van der Waals surface area contributed by atoms with Gasteiger partial charge in [0, 0.05) is 11.6 Å². The summed E-state index contributed by atoms with van der Waals surface area (Å²) < 4.78 is 26.8. The van der Waals surface area contributed by atoms with Gasteiger partial charge in [0.25, 0.3) is 0 Å². The highest BCUT2D eigenvalue weighted by Gasteiger charge is 2.21. The molecular formula is C11H15ClN2O2S2. The predicted octanol–water partition coefficient (Wildman–Crippen LogP) is 1.95. The molecule has 1 fully saturated rings. The molecule has 0 spiro atoms. The molecule has 2 rings (SSSR count). The molecule has 1 aromatic carbocycles. The molecule has 1 aromatic rings. The molecule has 18 heavy (non-hydrogen) atoms. The van der Waals surface area contributed by atoms with E-state index < -0.39 is 10.0 Å². The van der Waals surface area contributed by atoms with Gasteiger partial charge in [0.1, 0.15) is 4.90 Å². The Balaban J connectivity index is 2.09. The van der Waals surface area contributed by atoms with E-state index in [1.54, 1.807) is 0 Å². The first kappa shape index (κ1) is 14.0. The lowest BCUT2D eigenvalue weighted by atomic mass is 10.1. The van der Waals surface area contributed by atoms with Crippen LogP contribution in [0.25, 0.3) is 0 Å². The van der Waals surface area contributed by atoms with Crippen LogP contribution in [-0.4, -0.2) is 26.5 Å². The maximum Gasteiger partial charge on any atom is 0.242 e. The number of nitrogen functional groups attached to an aromatic ring is 1. The summed E-state index contributed by atoms with van der Waals surface area (Å²) in [5.74, 6) is 2.53. The van der Waals surface area contributed by atoms with Crippen molar-refractivity contribution in [3.63, 3.8) is 0 Å². The van der Waals surface area contributed by atoms with E-state index in [1.807, 2.05) is 11.8 Å². The molecule has 0 aromatic heterocycles. The molecule has 7 heteroatoms. The van der Waals surface area contributed by atoms with Gasteiger partial charge in [0.2, 0.25) is 10.0 Å². The lowest BCUT2D eigenvalue weighted by Crippen LogP contribution is -2.29. The van der Waals surface area contributed by atoms with Crippen molar-refractivity contribution in [3.8, 4) is 0 Å². The van der Waals surface area contributed by atoms with E-state index in [0.717, 1.165) is 17.9 Å². The van der Waals surface area contributed by atoms with Crippen LogP contribution in [0.1, 0.15) is 6.42 Å². The molecular weight excluding hydrogens is 292 g/mol. The Morgan fingerprint density at radius 3 is 2.89 bits per heavy atom. The van der Waals surface area contributed by atoms with Crippen molar-refractivity contribution in [1.29, 1.82) is 0 Å². The van der Waals surface area contributed by atoms with Crippen molar-refractivity contribution < 1.29 is 8.42 Å². The lowest BCUT2D eigenvalue weighted by Gasteiger charge is -2.12. The summed E-state index contributed by atoms with van der Waals surface area (Å²) in [4.78, 5) is 0.0950. The quantitative estimate of drug-likeness (QED) is 0.834. The van der Waals surface area contributed by atoms with Crippen LogP contribution in [0.15, 0.2) is 23.1 Å². The molecule has 3 N–H and O–H groups in total. The number of halogens is 1. The molecule has 0 radical (unpaired) electrons. The highest BCUT2D eigenvalue weighted by molar-refractivity contribution is 7.99. The van der Waals surface area contributed by atoms with Gasteiger partial charge in [0.15, 0.2) is 0 Å². The second kappa shape index (κ2) is 5.69. The number of benzene rings is 1. The molecule has 0 saturated carbocycles. The van der Waals surface area contributed by atoms with Crippen molar-refractivity contribution in [1.82, 2.24) is 4.72 Å². The highest BCUT2D eigenvalue weighted by Crippen LogP contribution is 2.25. The molecule has 0 amide bonds. The van der Waals surface area contributed by atoms with Crippen LogP contribution in [0.3, 0.4) is 0 Å². The van der Waals surface area contributed by atoms with E-state index in [4.69, 9.17) is 17.3 Å². The molecule has 1 saturated heterocycles. The Morgan fingerprint density at radius 2 is 2.28 bits per heavy atom. The molecule has 1 aliphatic rings. The first-order valence-electron chi connectivity index (χ1n) is 5.61. The number of thioether (sulfide) groups is 1. The normalized spacial score (nSPS) is 20.2. The van der Waals surface area contributed by atoms with Crippen LogP contribution in [0.4, 0.5) is 5.69 Å². The van der Waals surface area contributed by atoms with Crippen molar-refractivity contribution >= 4 is 39.1 Å². The molecule has 1 heterocycles. The van der Waals surface area contributed by atoms with Gasteiger partial charge in [-0.3, -0.25) is 0 Å². The van der Waals surface area contributed by atoms with Crippen molar-refractivity contribution in [3.05, 3.63) is 23.2 Å². The van der Waals surface area contributed by atoms with Crippen LogP contribution in [0.5, 0.6) is 0 Å². The number of sulfonamides is 1. The number of nitrogens with two attached hydrogens (primary N) is 1. The highest BCUT2D eigenvalue weighted by atomic mass is 35.5. The second-order valence-corrected chi connectivity index (χ2v) is 7.59. The number of nitrogens with one attached hydrogen (secondary N) is 1. The fourth-order valence-electron chi connectivity index (χ4n) is 1.81. The first-order chi connectivity index (χ1) is 8.49. The van der Waals surface area contributed by atoms with Crippen LogP contribution >= 0.6 is 23.4 Å². The summed E-state index contributed by atoms with van der Waals surface area (Å²) in [6, 6.07) is 4.41. The van der Waals surface area contributed by atoms with Crippen molar-refractivity contribution in [2.45, 2.75) is 11.3 Å². The van der Waals surface area contributed by atoms with E-state index >= 15 is 0 Å². The zero-order valence-corrected chi connectivity index (χ0v) is 12.1. The molecule has 0 bridgehead atoms. The third-order valence-corrected chi connectivity index (χ3v) is 5.81. The van der Waals surface area contributed by atoms with E-state index in [1.165, 1.54) is 18.2 Å². The lowest BCUT2D eigenvalue weighted by molar-refractivity contribution is 0.546. The zero-order chi connectivity index (χ0) is 13.2. The van der Waals surface area contributed by atoms with E-state index in [0.29, 0.717) is 17.5 Å². The van der Waals surface area contributed by atoms with Gasteiger partial charge >= 0.3 is 0 Å². The maximum absolute atomic E-state index is 12.1. The molecule has 1 aliphatic heterocycles. The van der Waals surface area contributed by atoms with E-state index in [2.05, 4.69) is 4.72 Å². The number of hydrogen-bond donors (Lipinski definition) is 2. The number of anilines is 1. The van der Waals surface area contributed by atoms with Gasteiger partial charge in [-0.05, 0) is 42.0 Å². The van der Waals surface area contributed by atoms with Gasteiger partial charge in [0.05, 0.1) is 5.69 Å². The van der Waals surface area contributed by atoms with Crippen molar-refractivity contribution in [2.24, 2.45) is 5.92 Å². The van der Waals surface area contributed by atoms with E-state index in [9.17, 15) is 8.42 Å². The predicted molar refractivity (Wildman–Crippen MR) is 76.5 cm³/mol. The topological polar surface area (TPSA) is 72.2 Å². The van der Waals surface area contributed by atoms with Crippen LogP contribution in [0.2, 0.25) is 5.02 Å². The molecule has 1 atom stereocenters. The summed E-state index contributed by atoms with van der Waals surface area (Å²) in [5.41, 5.74) is 5.86. The van der Waals surface area contributed by atoms with Crippen LogP contribution in [0, 0.1) is 5.92 Å². The SMILES string of the molecule is Nc1cc(Cl)ccc1S(=O)(=O)NCC1CCSC1. The first-order valence-corrected chi connectivity index (χ1v) is 8.63. The Labute approximate surface area is 116 Å². The van der Waals surface area contributed by atoms with Gasteiger partial charge in [-0.15, -0.1) is 0 Å². The number of rotatable bonds is 4. The van der Waals surface area contributed by atoms with Gasteiger partial charge in [-0.1, -0.05) is 11.6 Å². The minimum Gasteiger partial charge on any atom is -0.398 e. The summed E-state index contributed by atoms with van der Waals surface area (Å²) in [7, 11) is -3.54. The minimum absolute atomic E-state index is 0.0950. The van der Waals surface area contributed by atoms with Crippen molar-refractivity contribution in [2.75, 3.05) is 23.8 Å². The third-order valence-electron chi connectivity index (χ3n) is 2.85. The van der Waals surface area contributed by atoms with Gasteiger partial charge in [-0.2, -0.15) is 11.8 Å². The average molecular weight is 307 g/mol. The summed E-state index contributed by atoms with van der Waals surface area (Å²) >= 11 is 7.61. The fraction of sp³-hybridized carbons (Fsp3) is 0.455. The van der Waals surface area contributed by atoms with E-state index in [-0.39, 0.29) is 10.6 Å². The molecule has 100 valence electrons. The maximum atomic E-state index is 12.1. The van der Waals surface area contributed by atoms with Gasteiger partial charge < -0.3 is 5.73 Å². The Hall–Kier alpha value is -0.430. The summed E-state index contributed by atoms with van der Waals surface area (Å²) in [6.07, 6.45) is 1.06.